The number of hydrogen-bond donors (Lipinski definition) is 0. The van der Waals surface area contributed by atoms with E-state index in [2.05, 4.69) is 5.92 Å². The number of nitrogens with zero attached hydrogens (tertiary/aromatic N) is 1. The molecular weight excluding hydrogens is 398 g/mol. The first-order valence-corrected chi connectivity index (χ1v) is 9.60. The highest BCUT2D eigenvalue weighted by molar-refractivity contribution is 8.19. The van der Waals surface area contributed by atoms with Crippen molar-refractivity contribution < 1.29 is 19.1 Å². The Kier molecular flexibility index (Phi) is 6.30. The molecule has 0 atom stereocenters. The summed E-state index contributed by atoms with van der Waals surface area (Å²) in [5.41, 5.74) is 1.14. The van der Waals surface area contributed by atoms with E-state index in [-0.39, 0.29) is 17.8 Å². The quantitative estimate of drug-likeness (QED) is 0.493. The Morgan fingerprint density at radius 1 is 1.21 bits per heavy atom. The summed E-state index contributed by atoms with van der Waals surface area (Å²) in [5.74, 6) is 2.75. The summed E-state index contributed by atoms with van der Waals surface area (Å²) in [6, 6.07) is 12.1. The molecule has 1 heterocycles. The third-order valence-corrected chi connectivity index (χ3v) is 4.89. The molecule has 2 aromatic carbocycles. The zero-order valence-electron chi connectivity index (χ0n) is 15.0. The fourth-order valence-electron chi connectivity index (χ4n) is 2.61. The molecule has 28 heavy (non-hydrogen) atoms. The SMILES string of the molecule is C#CCOc1c(Cl)cc(/C=C2\SC(=O)N(c3ccccc3)C2=O)cc1OCC. The highest BCUT2D eigenvalue weighted by atomic mass is 35.5. The van der Waals surface area contributed by atoms with Gasteiger partial charge in [0.1, 0.15) is 6.61 Å². The number of terminal acetylenes is 1. The van der Waals surface area contributed by atoms with Gasteiger partial charge in [-0.05, 0) is 54.6 Å². The molecule has 1 fully saturated rings. The monoisotopic (exact) mass is 413 g/mol. The van der Waals surface area contributed by atoms with Gasteiger partial charge in [-0.2, -0.15) is 0 Å². The van der Waals surface area contributed by atoms with E-state index in [4.69, 9.17) is 27.5 Å². The lowest BCUT2D eigenvalue weighted by Crippen LogP contribution is -2.27. The maximum Gasteiger partial charge on any atom is 0.298 e. The average molecular weight is 414 g/mol. The number of halogens is 1. The van der Waals surface area contributed by atoms with Crippen LogP contribution in [-0.4, -0.2) is 24.4 Å². The highest BCUT2D eigenvalue weighted by Crippen LogP contribution is 2.40. The van der Waals surface area contributed by atoms with Crippen LogP contribution >= 0.6 is 23.4 Å². The van der Waals surface area contributed by atoms with Crippen molar-refractivity contribution in [2.45, 2.75) is 6.92 Å². The highest BCUT2D eigenvalue weighted by Gasteiger charge is 2.36. The van der Waals surface area contributed by atoms with Gasteiger partial charge < -0.3 is 9.47 Å². The van der Waals surface area contributed by atoms with E-state index in [0.717, 1.165) is 16.7 Å². The van der Waals surface area contributed by atoms with Crippen molar-refractivity contribution in [2.75, 3.05) is 18.1 Å². The third kappa shape index (κ3) is 4.16. The minimum Gasteiger partial charge on any atom is -0.490 e. The summed E-state index contributed by atoms with van der Waals surface area (Å²) < 4.78 is 11.0. The Morgan fingerprint density at radius 3 is 2.64 bits per heavy atom. The number of benzene rings is 2. The molecule has 0 N–H and O–H groups in total. The number of ether oxygens (including phenoxy) is 2. The second-order valence-corrected chi connectivity index (χ2v) is 7.01. The number of carbonyl (C=O) groups is 2. The van der Waals surface area contributed by atoms with Crippen LogP contribution in [0.25, 0.3) is 6.08 Å². The van der Waals surface area contributed by atoms with Crippen LogP contribution in [0.4, 0.5) is 10.5 Å². The first kappa shape index (κ1) is 19.9. The maximum absolute atomic E-state index is 12.7. The molecule has 2 aromatic rings. The van der Waals surface area contributed by atoms with Gasteiger partial charge >= 0.3 is 0 Å². The fraction of sp³-hybridized carbons (Fsp3) is 0.143. The second-order valence-electron chi connectivity index (χ2n) is 5.61. The van der Waals surface area contributed by atoms with Crippen molar-refractivity contribution in [1.82, 2.24) is 0 Å². The number of anilines is 1. The van der Waals surface area contributed by atoms with Gasteiger partial charge in [0.25, 0.3) is 11.1 Å². The van der Waals surface area contributed by atoms with E-state index in [9.17, 15) is 9.59 Å². The first-order chi connectivity index (χ1) is 13.5. The summed E-state index contributed by atoms with van der Waals surface area (Å²) >= 11 is 7.18. The summed E-state index contributed by atoms with van der Waals surface area (Å²) in [6.07, 6.45) is 6.84. The third-order valence-electron chi connectivity index (χ3n) is 3.74. The average Bonchev–Trinajstić information content (AvgIpc) is 2.95. The molecule has 0 aromatic heterocycles. The van der Waals surface area contributed by atoms with Gasteiger partial charge in [0, 0.05) is 0 Å². The molecule has 1 saturated heterocycles. The van der Waals surface area contributed by atoms with Gasteiger partial charge in [-0.3, -0.25) is 9.59 Å². The predicted octanol–water partition coefficient (Wildman–Crippen LogP) is 4.99. The molecule has 5 nitrogen and oxygen atoms in total. The number of imide groups is 1. The first-order valence-electron chi connectivity index (χ1n) is 8.40. The molecule has 0 unspecified atom stereocenters. The fourth-order valence-corrected chi connectivity index (χ4v) is 3.72. The van der Waals surface area contributed by atoms with E-state index >= 15 is 0 Å². The number of amides is 2. The minimum atomic E-state index is -0.386. The molecule has 2 amide bonds. The topological polar surface area (TPSA) is 55.8 Å². The standard InChI is InChI=1S/C21H16ClNO4S/c1-3-10-27-19-16(22)11-14(12-17(19)26-4-2)13-18-20(24)23(21(25)28-18)15-8-6-5-7-9-15/h1,5-9,11-13H,4,10H2,2H3/b18-13-. The van der Waals surface area contributed by atoms with Gasteiger partial charge in [0.15, 0.2) is 11.5 Å². The van der Waals surface area contributed by atoms with Gasteiger partial charge in [0.2, 0.25) is 0 Å². The Balaban J connectivity index is 1.94. The summed E-state index contributed by atoms with van der Waals surface area (Å²) in [6.45, 7) is 2.28. The van der Waals surface area contributed by atoms with Crippen LogP contribution in [0, 0.1) is 12.3 Å². The van der Waals surface area contributed by atoms with Crippen molar-refractivity contribution in [1.29, 1.82) is 0 Å². The normalized spacial score (nSPS) is 15.0. The molecule has 0 aliphatic carbocycles. The van der Waals surface area contributed by atoms with Gasteiger partial charge in [-0.25, -0.2) is 4.90 Å². The Morgan fingerprint density at radius 2 is 1.96 bits per heavy atom. The number of carbonyl (C=O) groups excluding carboxylic acids is 2. The molecule has 0 radical (unpaired) electrons. The Labute approximate surface area is 172 Å². The van der Waals surface area contributed by atoms with Crippen LogP contribution < -0.4 is 14.4 Å². The number of thioether (sulfide) groups is 1. The Bertz CT molecular complexity index is 982. The van der Waals surface area contributed by atoms with Crippen LogP contribution in [0.2, 0.25) is 5.02 Å². The molecular formula is C21H16ClNO4S. The Hall–Kier alpha value is -2.88. The summed E-state index contributed by atoms with van der Waals surface area (Å²) in [7, 11) is 0. The largest absolute Gasteiger partial charge is 0.490 e. The molecule has 1 aliphatic heterocycles. The lowest BCUT2D eigenvalue weighted by atomic mass is 10.1. The van der Waals surface area contributed by atoms with E-state index < -0.39 is 0 Å². The van der Waals surface area contributed by atoms with Crippen LogP contribution in [-0.2, 0) is 4.79 Å². The number of hydrogen-bond acceptors (Lipinski definition) is 5. The van der Waals surface area contributed by atoms with Crippen LogP contribution in [0.1, 0.15) is 12.5 Å². The van der Waals surface area contributed by atoms with Crippen LogP contribution in [0.5, 0.6) is 11.5 Å². The van der Waals surface area contributed by atoms with E-state index in [0.29, 0.717) is 39.3 Å². The lowest BCUT2D eigenvalue weighted by molar-refractivity contribution is -0.113. The van der Waals surface area contributed by atoms with Crippen molar-refractivity contribution in [2.24, 2.45) is 0 Å². The summed E-state index contributed by atoms with van der Waals surface area (Å²) in [4.78, 5) is 26.5. The zero-order valence-corrected chi connectivity index (χ0v) is 16.5. The molecule has 7 heteroatoms. The van der Waals surface area contributed by atoms with Gasteiger partial charge in [0.05, 0.1) is 22.2 Å². The van der Waals surface area contributed by atoms with Crippen molar-refractivity contribution in [3.05, 3.63) is 58.0 Å². The molecule has 0 bridgehead atoms. The van der Waals surface area contributed by atoms with Crippen LogP contribution in [0.3, 0.4) is 0 Å². The smallest absolute Gasteiger partial charge is 0.298 e. The van der Waals surface area contributed by atoms with E-state index in [1.807, 2.05) is 13.0 Å². The molecule has 0 saturated carbocycles. The molecule has 0 spiro atoms. The number of rotatable bonds is 6. The molecule has 142 valence electrons. The van der Waals surface area contributed by atoms with Crippen molar-refractivity contribution in [3.8, 4) is 23.8 Å². The van der Waals surface area contributed by atoms with Gasteiger partial charge in [-0.15, -0.1) is 6.42 Å². The van der Waals surface area contributed by atoms with Crippen LogP contribution in [0.15, 0.2) is 47.4 Å². The van der Waals surface area contributed by atoms with Crippen molar-refractivity contribution >= 4 is 46.3 Å². The predicted molar refractivity (Wildman–Crippen MR) is 112 cm³/mol. The van der Waals surface area contributed by atoms with Crippen molar-refractivity contribution in [3.63, 3.8) is 0 Å². The second kappa shape index (κ2) is 8.87. The lowest BCUT2D eigenvalue weighted by Gasteiger charge is -2.13. The van der Waals surface area contributed by atoms with E-state index in [1.54, 1.807) is 42.5 Å². The summed E-state index contributed by atoms with van der Waals surface area (Å²) in [5, 5.41) is -0.0534. The number of para-hydroxylation sites is 1. The van der Waals surface area contributed by atoms with Gasteiger partial charge in [-0.1, -0.05) is 35.7 Å². The minimum absolute atomic E-state index is 0.0507. The zero-order chi connectivity index (χ0) is 20.1. The van der Waals surface area contributed by atoms with E-state index in [1.165, 1.54) is 0 Å². The maximum atomic E-state index is 12.7. The molecule has 1 aliphatic rings. The molecule has 3 rings (SSSR count).